The summed E-state index contributed by atoms with van der Waals surface area (Å²) in [6.45, 7) is -0.218. The highest BCUT2D eigenvalue weighted by Gasteiger charge is 2.09. The van der Waals surface area contributed by atoms with Gasteiger partial charge in [-0.05, 0) is 12.1 Å². The second-order valence-electron chi connectivity index (χ2n) is 2.20. The molecule has 0 bridgehead atoms. The van der Waals surface area contributed by atoms with Crippen molar-refractivity contribution in [2.45, 2.75) is 6.04 Å². The van der Waals surface area contributed by atoms with Gasteiger partial charge in [-0.15, -0.1) is 34.0 Å². The number of aliphatic hydroxyl groups is 1. The van der Waals surface area contributed by atoms with E-state index < -0.39 is 6.04 Å². The summed E-state index contributed by atoms with van der Waals surface area (Å²) < 4.78 is 0. The van der Waals surface area contributed by atoms with Gasteiger partial charge in [0.25, 0.3) is 0 Å². The van der Waals surface area contributed by atoms with Gasteiger partial charge < -0.3 is 15.9 Å². The first-order valence-corrected chi connectivity index (χ1v) is 3.26. The van der Waals surface area contributed by atoms with Crippen molar-refractivity contribution in [3.63, 3.8) is 0 Å². The van der Waals surface area contributed by atoms with Crippen molar-refractivity contribution in [2.24, 2.45) is 5.73 Å². The molecule has 0 aliphatic carbocycles. The zero-order chi connectivity index (χ0) is 8.27. The Morgan fingerprint density at radius 2 is 2.08 bits per heavy atom. The van der Waals surface area contributed by atoms with E-state index in [-0.39, 0.29) is 46.3 Å². The number of rotatable bonds is 2. The molecule has 0 fully saturated rings. The molecule has 0 aromatic carbocycles. The molecular formula is C7H12Br2N2O2. The minimum absolute atomic E-state index is 0. The molecule has 1 aromatic heterocycles. The number of hydrogen-bond donors (Lipinski definition) is 3. The van der Waals surface area contributed by atoms with Crippen molar-refractivity contribution in [3.8, 4) is 5.75 Å². The van der Waals surface area contributed by atoms with Gasteiger partial charge in [-0.25, -0.2) is 0 Å². The number of nitrogens with zero attached hydrogens (tertiary/aromatic N) is 1. The lowest BCUT2D eigenvalue weighted by Gasteiger charge is -2.07. The van der Waals surface area contributed by atoms with E-state index in [1.165, 1.54) is 12.3 Å². The predicted octanol–water partition coefficient (Wildman–Crippen LogP) is 0.935. The number of halogens is 2. The largest absolute Gasteiger partial charge is 0.506 e. The zero-order valence-corrected chi connectivity index (χ0v) is 10.2. The maximum atomic E-state index is 9.16. The Bertz CT molecular complexity index is 248. The van der Waals surface area contributed by atoms with E-state index >= 15 is 0 Å². The molecule has 0 aliphatic heterocycles. The monoisotopic (exact) mass is 314 g/mol. The highest BCUT2D eigenvalue weighted by Crippen LogP contribution is 2.17. The van der Waals surface area contributed by atoms with E-state index in [1.54, 1.807) is 6.07 Å². The van der Waals surface area contributed by atoms with Crippen LogP contribution in [0.1, 0.15) is 11.7 Å². The molecule has 13 heavy (non-hydrogen) atoms. The smallest absolute Gasteiger partial charge is 0.138 e. The Balaban J connectivity index is 0. The third kappa shape index (κ3) is 4.04. The van der Waals surface area contributed by atoms with Crippen LogP contribution in [0.15, 0.2) is 18.3 Å². The number of pyridine rings is 1. The summed E-state index contributed by atoms with van der Waals surface area (Å²) >= 11 is 0. The molecule has 1 atom stereocenters. The third-order valence-electron chi connectivity index (χ3n) is 1.36. The van der Waals surface area contributed by atoms with Crippen molar-refractivity contribution in [1.29, 1.82) is 0 Å². The van der Waals surface area contributed by atoms with Crippen LogP contribution in [0.5, 0.6) is 5.75 Å². The van der Waals surface area contributed by atoms with E-state index in [0.29, 0.717) is 5.69 Å². The molecular weight excluding hydrogens is 304 g/mol. The number of aromatic hydroxyl groups is 1. The first kappa shape index (κ1) is 15.3. The van der Waals surface area contributed by atoms with Crippen LogP contribution in [0.4, 0.5) is 0 Å². The number of aromatic nitrogens is 1. The maximum Gasteiger partial charge on any atom is 0.138 e. The van der Waals surface area contributed by atoms with E-state index in [0.717, 1.165) is 0 Å². The molecule has 4 N–H and O–H groups in total. The first-order valence-electron chi connectivity index (χ1n) is 3.26. The van der Waals surface area contributed by atoms with E-state index in [4.69, 9.17) is 15.9 Å². The van der Waals surface area contributed by atoms with Crippen molar-refractivity contribution in [2.75, 3.05) is 6.61 Å². The molecule has 4 nitrogen and oxygen atoms in total. The number of nitrogens with two attached hydrogens (primary N) is 1. The highest BCUT2D eigenvalue weighted by molar-refractivity contribution is 8.93. The van der Waals surface area contributed by atoms with Gasteiger partial charge in [0.2, 0.25) is 0 Å². The third-order valence-corrected chi connectivity index (χ3v) is 1.36. The summed E-state index contributed by atoms with van der Waals surface area (Å²) in [4.78, 5) is 3.81. The normalized spacial score (nSPS) is 10.9. The molecule has 76 valence electrons. The van der Waals surface area contributed by atoms with E-state index in [2.05, 4.69) is 4.98 Å². The maximum absolute atomic E-state index is 9.16. The van der Waals surface area contributed by atoms with Crippen molar-refractivity contribution in [3.05, 3.63) is 24.0 Å². The van der Waals surface area contributed by atoms with Gasteiger partial charge in [-0.1, -0.05) is 0 Å². The van der Waals surface area contributed by atoms with Crippen LogP contribution in [0.25, 0.3) is 0 Å². The number of aliphatic hydroxyl groups excluding tert-OH is 1. The Morgan fingerprint density at radius 3 is 2.54 bits per heavy atom. The van der Waals surface area contributed by atoms with Crippen molar-refractivity contribution in [1.82, 2.24) is 4.98 Å². The number of hydrogen-bond acceptors (Lipinski definition) is 4. The van der Waals surface area contributed by atoms with E-state index in [1.807, 2.05) is 0 Å². The molecule has 0 spiro atoms. The molecule has 6 heteroatoms. The topological polar surface area (TPSA) is 79.4 Å². The van der Waals surface area contributed by atoms with Crippen LogP contribution in [-0.2, 0) is 0 Å². The Hall–Kier alpha value is -0.170. The van der Waals surface area contributed by atoms with Gasteiger partial charge >= 0.3 is 0 Å². The SMILES string of the molecule is Br.Br.N[C@H](CO)c1ncccc1O. The van der Waals surface area contributed by atoms with Crippen LogP contribution in [-0.4, -0.2) is 21.8 Å². The average Bonchev–Trinajstić information content (AvgIpc) is 2.04. The molecule has 1 aromatic rings. The minimum atomic E-state index is -0.601. The Kier molecular flexibility index (Phi) is 8.54. The average molecular weight is 316 g/mol. The lowest BCUT2D eigenvalue weighted by Crippen LogP contribution is -2.15. The van der Waals surface area contributed by atoms with Gasteiger partial charge in [-0.2, -0.15) is 0 Å². The van der Waals surface area contributed by atoms with Crippen LogP contribution in [0.3, 0.4) is 0 Å². The molecule has 1 rings (SSSR count). The summed E-state index contributed by atoms with van der Waals surface area (Å²) in [5.41, 5.74) is 5.75. The molecule has 1 heterocycles. The van der Waals surface area contributed by atoms with Crippen LogP contribution in [0, 0.1) is 0 Å². The summed E-state index contributed by atoms with van der Waals surface area (Å²) in [6.07, 6.45) is 1.52. The Morgan fingerprint density at radius 1 is 1.46 bits per heavy atom. The van der Waals surface area contributed by atoms with Crippen LogP contribution < -0.4 is 5.73 Å². The summed E-state index contributed by atoms with van der Waals surface area (Å²) in [6, 6.07) is 2.48. The van der Waals surface area contributed by atoms with Gasteiger partial charge in [-0.3, -0.25) is 4.98 Å². The molecule has 0 radical (unpaired) electrons. The predicted molar refractivity (Wildman–Crippen MR) is 60.6 cm³/mol. The standard InChI is InChI=1S/C7H10N2O2.2BrH/c8-5(4-10)7-6(11)2-1-3-9-7;;/h1-3,5,10-11H,4,8H2;2*1H/t5-;;/m1../s1. The Labute approximate surface area is 97.3 Å². The van der Waals surface area contributed by atoms with Crippen molar-refractivity contribution >= 4 is 34.0 Å². The second kappa shape index (κ2) is 7.25. The van der Waals surface area contributed by atoms with Crippen LogP contribution in [0.2, 0.25) is 0 Å². The van der Waals surface area contributed by atoms with Gasteiger partial charge in [0.1, 0.15) is 11.4 Å². The fourth-order valence-corrected chi connectivity index (χ4v) is 0.781. The van der Waals surface area contributed by atoms with Gasteiger partial charge in [0.15, 0.2) is 0 Å². The van der Waals surface area contributed by atoms with Crippen molar-refractivity contribution < 1.29 is 10.2 Å². The summed E-state index contributed by atoms with van der Waals surface area (Å²) in [7, 11) is 0. The van der Waals surface area contributed by atoms with Gasteiger partial charge in [0.05, 0.1) is 12.6 Å². The van der Waals surface area contributed by atoms with Gasteiger partial charge in [0, 0.05) is 6.20 Å². The zero-order valence-electron chi connectivity index (χ0n) is 6.75. The summed E-state index contributed by atoms with van der Waals surface area (Å²) in [5, 5.41) is 17.8. The van der Waals surface area contributed by atoms with E-state index in [9.17, 15) is 0 Å². The highest BCUT2D eigenvalue weighted by atomic mass is 79.9. The molecule has 0 aliphatic rings. The fraction of sp³-hybridized carbons (Fsp3) is 0.286. The van der Waals surface area contributed by atoms with Crippen LogP contribution >= 0.6 is 34.0 Å². The molecule has 0 saturated heterocycles. The molecule has 0 unspecified atom stereocenters. The first-order chi connectivity index (χ1) is 5.25. The lowest BCUT2D eigenvalue weighted by molar-refractivity contribution is 0.262. The molecule has 0 amide bonds. The molecule has 0 saturated carbocycles. The fourth-order valence-electron chi connectivity index (χ4n) is 0.781. The quantitative estimate of drug-likeness (QED) is 0.759. The summed E-state index contributed by atoms with van der Waals surface area (Å²) in [5.74, 6) is 0.0223. The lowest BCUT2D eigenvalue weighted by atomic mass is 10.2. The second-order valence-corrected chi connectivity index (χ2v) is 2.20. The minimum Gasteiger partial charge on any atom is -0.506 e.